The number of benzene rings is 1. The van der Waals surface area contributed by atoms with Gasteiger partial charge < -0.3 is 5.73 Å². The fourth-order valence-corrected chi connectivity index (χ4v) is 1.62. The van der Waals surface area contributed by atoms with Gasteiger partial charge in [-0.15, -0.1) is 0 Å². The average Bonchev–Trinajstić information content (AvgIpc) is 2.03. The molecule has 0 aliphatic carbocycles. The van der Waals surface area contributed by atoms with Crippen molar-refractivity contribution >= 4 is 21.8 Å². The van der Waals surface area contributed by atoms with E-state index in [4.69, 9.17) is 11.1 Å². The molecule has 0 saturated heterocycles. The number of amidine groups is 1. The van der Waals surface area contributed by atoms with E-state index in [2.05, 4.69) is 28.1 Å². The summed E-state index contributed by atoms with van der Waals surface area (Å²) in [6.07, 6.45) is 2.62. The van der Waals surface area contributed by atoms with Crippen molar-refractivity contribution in [2.24, 2.45) is 5.73 Å². The summed E-state index contributed by atoms with van der Waals surface area (Å²) >= 11 is 3.42. The zero-order valence-electron chi connectivity index (χ0n) is 7.39. The van der Waals surface area contributed by atoms with E-state index in [1.165, 1.54) is 5.56 Å². The van der Waals surface area contributed by atoms with Crippen molar-refractivity contribution in [2.75, 3.05) is 0 Å². The number of nitrogens with two attached hydrogens (primary N) is 1. The zero-order chi connectivity index (χ0) is 9.68. The van der Waals surface area contributed by atoms with Crippen molar-refractivity contribution in [2.45, 2.75) is 19.3 Å². The normalized spacial score (nSPS) is 9.92. The Kier molecular flexibility index (Phi) is 3.96. The van der Waals surface area contributed by atoms with Gasteiger partial charge in [0.1, 0.15) is 0 Å². The van der Waals surface area contributed by atoms with E-state index in [0.717, 1.165) is 17.3 Å². The standard InChI is InChI=1S/C10H13BrN2/c11-9-5-1-3-8(7-9)4-2-6-10(12)13/h1,3,5,7H,2,4,6H2,(H3,12,13). The third-order valence-electron chi connectivity index (χ3n) is 1.80. The molecule has 0 amide bonds. The molecule has 0 atom stereocenters. The highest BCUT2D eigenvalue weighted by Gasteiger charge is 1.95. The molecule has 3 N–H and O–H groups in total. The molecule has 0 fully saturated rings. The summed E-state index contributed by atoms with van der Waals surface area (Å²) in [7, 11) is 0. The van der Waals surface area contributed by atoms with Gasteiger partial charge in [0, 0.05) is 10.9 Å². The molecular formula is C10H13BrN2. The zero-order valence-corrected chi connectivity index (χ0v) is 8.97. The lowest BCUT2D eigenvalue weighted by molar-refractivity contribution is 0.857. The van der Waals surface area contributed by atoms with Crippen LogP contribution in [0.1, 0.15) is 18.4 Å². The van der Waals surface area contributed by atoms with Crippen LogP contribution in [0.5, 0.6) is 0 Å². The predicted octanol–water partition coefficient (Wildman–Crippen LogP) is 2.71. The number of hydrogen-bond donors (Lipinski definition) is 2. The number of halogens is 1. The fourth-order valence-electron chi connectivity index (χ4n) is 1.18. The lowest BCUT2D eigenvalue weighted by atomic mass is 10.1. The molecule has 0 radical (unpaired) electrons. The minimum Gasteiger partial charge on any atom is -0.388 e. The Labute approximate surface area is 86.8 Å². The topological polar surface area (TPSA) is 49.9 Å². The third-order valence-corrected chi connectivity index (χ3v) is 2.29. The second kappa shape index (κ2) is 5.02. The minimum absolute atomic E-state index is 0.273. The van der Waals surface area contributed by atoms with Crippen LogP contribution >= 0.6 is 15.9 Å². The molecule has 0 spiro atoms. The maximum absolute atomic E-state index is 7.07. The summed E-state index contributed by atoms with van der Waals surface area (Å²) in [5.74, 6) is 0.273. The number of aryl methyl sites for hydroxylation is 1. The van der Waals surface area contributed by atoms with Gasteiger partial charge in [-0.25, -0.2) is 0 Å². The first-order valence-corrected chi connectivity index (χ1v) is 5.05. The Balaban J connectivity index is 2.41. The molecule has 0 aromatic heterocycles. The van der Waals surface area contributed by atoms with Crippen LogP contribution in [0.15, 0.2) is 28.7 Å². The van der Waals surface area contributed by atoms with Crippen molar-refractivity contribution in [1.29, 1.82) is 5.41 Å². The molecule has 0 aliphatic heterocycles. The summed E-state index contributed by atoms with van der Waals surface area (Å²) in [5.41, 5.74) is 6.55. The molecule has 0 unspecified atom stereocenters. The molecule has 0 aliphatic rings. The van der Waals surface area contributed by atoms with Crippen LogP contribution in [0, 0.1) is 5.41 Å². The molecule has 2 nitrogen and oxygen atoms in total. The Morgan fingerprint density at radius 3 is 2.85 bits per heavy atom. The highest BCUT2D eigenvalue weighted by molar-refractivity contribution is 9.10. The molecule has 0 saturated carbocycles. The van der Waals surface area contributed by atoms with E-state index in [9.17, 15) is 0 Å². The summed E-state index contributed by atoms with van der Waals surface area (Å²) in [6.45, 7) is 0. The van der Waals surface area contributed by atoms with E-state index in [-0.39, 0.29) is 5.84 Å². The molecular weight excluding hydrogens is 228 g/mol. The first-order valence-electron chi connectivity index (χ1n) is 4.26. The van der Waals surface area contributed by atoms with Gasteiger partial charge >= 0.3 is 0 Å². The van der Waals surface area contributed by atoms with E-state index >= 15 is 0 Å². The van der Waals surface area contributed by atoms with Gasteiger partial charge in [0.2, 0.25) is 0 Å². The summed E-state index contributed by atoms with van der Waals surface area (Å²) in [4.78, 5) is 0. The maximum atomic E-state index is 7.07. The highest BCUT2D eigenvalue weighted by Crippen LogP contribution is 2.13. The first-order chi connectivity index (χ1) is 6.18. The van der Waals surface area contributed by atoms with Crippen molar-refractivity contribution in [3.8, 4) is 0 Å². The van der Waals surface area contributed by atoms with Crippen molar-refractivity contribution in [3.63, 3.8) is 0 Å². The van der Waals surface area contributed by atoms with Crippen LogP contribution in [0.2, 0.25) is 0 Å². The van der Waals surface area contributed by atoms with Crippen LogP contribution in [-0.4, -0.2) is 5.84 Å². The van der Waals surface area contributed by atoms with Crippen LogP contribution in [-0.2, 0) is 6.42 Å². The number of nitrogens with one attached hydrogen (secondary N) is 1. The van der Waals surface area contributed by atoms with Gasteiger partial charge in [-0.3, -0.25) is 5.41 Å². The second-order valence-corrected chi connectivity index (χ2v) is 3.92. The van der Waals surface area contributed by atoms with Crippen LogP contribution in [0.25, 0.3) is 0 Å². The van der Waals surface area contributed by atoms with E-state index in [1.54, 1.807) is 0 Å². The third kappa shape index (κ3) is 4.08. The summed E-state index contributed by atoms with van der Waals surface area (Å²) < 4.78 is 1.10. The van der Waals surface area contributed by atoms with Gasteiger partial charge in [0.15, 0.2) is 0 Å². The van der Waals surface area contributed by atoms with Crippen molar-refractivity contribution in [1.82, 2.24) is 0 Å². The van der Waals surface area contributed by atoms with Gasteiger partial charge in [0.05, 0.1) is 5.84 Å². The van der Waals surface area contributed by atoms with Gasteiger partial charge in [-0.05, 0) is 30.5 Å². The van der Waals surface area contributed by atoms with Gasteiger partial charge in [-0.1, -0.05) is 28.1 Å². The minimum atomic E-state index is 0.273. The van der Waals surface area contributed by atoms with Crippen LogP contribution in [0.3, 0.4) is 0 Å². The predicted molar refractivity (Wildman–Crippen MR) is 59.0 cm³/mol. The molecule has 1 aromatic carbocycles. The SMILES string of the molecule is N=C(N)CCCc1cccc(Br)c1. The van der Waals surface area contributed by atoms with Crippen LogP contribution in [0.4, 0.5) is 0 Å². The number of hydrogen-bond acceptors (Lipinski definition) is 1. The molecule has 0 bridgehead atoms. The van der Waals surface area contributed by atoms with Gasteiger partial charge in [0.25, 0.3) is 0 Å². The largest absolute Gasteiger partial charge is 0.388 e. The van der Waals surface area contributed by atoms with Gasteiger partial charge in [-0.2, -0.15) is 0 Å². The molecule has 0 heterocycles. The quantitative estimate of drug-likeness (QED) is 0.618. The molecule has 1 rings (SSSR count). The van der Waals surface area contributed by atoms with Crippen molar-refractivity contribution in [3.05, 3.63) is 34.3 Å². The first kappa shape index (κ1) is 10.3. The molecule has 70 valence electrons. The smallest absolute Gasteiger partial charge is 0.0905 e. The average molecular weight is 241 g/mol. The Bertz CT molecular complexity index is 297. The molecule has 3 heteroatoms. The lowest BCUT2D eigenvalue weighted by Gasteiger charge is -2.00. The Hall–Kier alpha value is -0.830. The van der Waals surface area contributed by atoms with Crippen LogP contribution < -0.4 is 5.73 Å². The van der Waals surface area contributed by atoms with E-state index in [1.807, 2.05) is 12.1 Å². The molecule has 13 heavy (non-hydrogen) atoms. The Morgan fingerprint density at radius 2 is 2.23 bits per heavy atom. The fraction of sp³-hybridized carbons (Fsp3) is 0.300. The Morgan fingerprint density at radius 1 is 1.46 bits per heavy atom. The summed E-state index contributed by atoms with van der Waals surface area (Å²) in [6, 6.07) is 8.21. The maximum Gasteiger partial charge on any atom is 0.0905 e. The number of rotatable bonds is 4. The monoisotopic (exact) mass is 240 g/mol. The highest BCUT2D eigenvalue weighted by atomic mass is 79.9. The van der Waals surface area contributed by atoms with Crippen molar-refractivity contribution < 1.29 is 0 Å². The lowest BCUT2D eigenvalue weighted by Crippen LogP contribution is -2.09. The van der Waals surface area contributed by atoms with E-state index < -0.39 is 0 Å². The second-order valence-electron chi connectivity index (χ2n) is 3.01. The molecule has 1 aromatic rings. The summed E-state index contributed by atoms with van der Waals surface area (Å²) in [5, 5.41) is 7.07. The van der Waals surface area contributed by atoms with E-state index in [0.29, 0.717) is 6.42 Å².